The van der Waals surface area contributed by atoms with E-state index >= 15 is 0 Å². The van der Waals surface area contributed by atoms with Crippen molar-refractivity contribution in [2.24, 2.45) is 0 Å². The lowest BCUT2D eigenvalue weighted by atomic mass is 10.2. The van der Waals surface area contributed by atoms with Crippen molar-refractivity contribution in [3.63, 3.8) is 0 Å². The second-order valence-electron chi connectivity index (χ2n) is 7.87. The number of piperazine rings is 1. The highest BCUT2D eigenvalue weighted by Gasteiger charge is 2.22. The Morgan fingerprint density at radius 1 is 0.931 bits per heavy atom. The number of hydrogen-bond acceptors (Lipinski definition) is 8. The van der Waals surface area contributed by atoms with E-state index in [9.17, 15) is 9.90 Å². The van der Waals surface area contributed by atoms with Crippen LogP contribution in [-0.2, 0) is 13.1 Å². The molecule has 0 aromatic carbocycles. The molecule has 2 fully saturated rings. The monoisotopic (exact) mass is 399 g/mol. The van der Waals surface area contributed by atoms with Gasteiger partial charge in [0.15, 0.2) is 5.76 Å². The molecule has 0 unspecified atom stereocenters. The Balaban J connectivity index is 1.39. The molecule has 2 aromatic heterocycles. The third kappa shape index (κ3) is 5.13. The summed E-state index contributed by atoms with van der Waals surface area (Å²) >= 11 is 0. The van der Waals surface area contributed by atoms with Gasteiger partial charge in [0.25, 0.3) is 0 Å². The van der Waals surface area contributed by atoms with E-state index in [1.165, 1.54) is 31.7 Å². The first-order valence-corrected chi connectivity index (χ1v) is 10.5. The lowest BCUT2D eigenvalue weighted by Gasteiger charge is -2.34. The van der Waals surface area contributed by atoms with E-state index in [0.717, 1.165) is 45.1 Å². The summed E-state index contributed by atoms with van der Waals surface area (Å²) in [5.74, 6) is 1.63. The molecule has 29 heavy (non-hydrogen) atoms. The van der Waals surface area contributed by atoms with E-state index in [-0.39, 0.29) is 11.2 Å². The normalized spacial score (nSPS) is 19.2. The van der Waals surface area contributed by atoms with E-state index in [1.807, 2.05) is 0 Å². The molecule has 0 atom stereocenters. The third-order valence-corrected chi connectivity index (χ3v) is 5.74. The molecule has 0 bridgehead atoms. The van der Waals surface area contributed by atoms with Gasteiger partial charge in [-0.15, -0.1) is 0 Å². The molecule has 0 aliphatic carbocycles. The zero-order valence-corrected chi connectivity index (χ0v) is 16.8. The van der Waals surface area contributed by atoms with Gasteiger partial charge in [-0.25, -0.2) is 4.98 Å². The van der Waals surface area contributed by atoms with Crippen LogP contribution in [0.2, 0.25) is 0 Å². The minimum absolute atomic E-state index is 0.263. The third-order valence-electron chi connectivity index (χ3n) is 5.74. The molecule has 156 valence electrons. The maximum Gasteiger partial charge on any atom is 0.227 e. The van der Waals surface area contributed by atoms with Crippen LogP contribution in [0.1, 0.15) is 37.2 Å². The van der Waals surface area contributed by atoms with Crippen LogP contribution in [0.3, 0.4) is 0 Å². The predicted octanol–water partition coefficient (Wildman–Crippen LogP) is 1.83. The molecule has 4 heterocycles. The molecule has 8 nitrogen and oxygen atoms in total. The topological polar surface area (TPSA) is 85.9 Å². The Morgan fingerprint density at radius 3 is 2.34 bits per heavy atom. The smallest absolute Gasteiger partial charge is 0.227 e. The molecule has 0 saturated carbocycles. The molecule has 4 rings (SSSR count). The van der Waals surface area contributed by atoms with Gasteiger partial charge in [0.05, 0.1) is 19.3 Å². The first-order chi connectivity index (χ1) is 14.2. The van der Waals surface area contributed by atoms with Crippen LogP contribution in [0.5, 0.6) is 5.75 Å². The van der Waals surface area contributed by atoms with Crippen molar-refractivity contribution < 1.29 is 9.52 Å². The summed E-state index contributed by atoms with van der Waals surface area (Å²) in [6.07, 6.45) is 10.0. The van der Waals surface area contributed by atoms with Gasteiger partial charge >= 0.3 is 0 Å². The number of rotatable bonds is 5. The highest BCUT2D eigenvalue weighted by Crippen LogP contribution is 2.20. The van der Waals surface area contributed by atoms with Crippen LogP contribution >= 0.6 is 0 Å². The van der Waals surface area contributed by atoms with Crippen molar-refractivity contribution in [2.75, 3.05) is 44.2 Å². The molecular formula is C21H29N5O3. The van der Waals surface area contributed by atoms with Crippen molar-refractivity contribution >= 4 is 5.82 Å². The summed E-state index contributed by atoms with van der Waals surface area (Å²) < 4.78 is 5.98. The summed E-state index contributed by atoms with van der Waals surface area (Å²) in [5, 5.41) is 10.3. The van der Waals surface area contributed by atoms with Gasteiger partial charge in [-0.1, -0.05) is 12.8 Å². The molecule has 0 amide bonds. The molecule has 2 saturated heterocycles. The van der Waals surface area contributed by atoms with Gasteiger partial charge in [-0.3, -0.25) is 19.6 Å². The lowest BCUT2D eigenvalue weighted by molar-refractivity contribution is 0.205. The average Bonchev–Trinajstić information content (AvgIpc) is 3.01. The Bertz CT molecular complexity index is 841. The van der Waals surface area contributed by atoms with E-state index in [4.69, 9.17) is 4.42 Å². The zero-order chi connectivity index (χ0) is 20.1. The molecule has 0 radical (unpaired) electrons. The minimum atomic E-state index is -0.353. The standard InChI is InChI=1S/C21H29N5O3/c27-18-13-17(15-24-7-3-1-2-4-8-24)29-19(21(18)28)16-25-9-11-26(12-10-25)20-14-22-5-6-23-20/h5-6,13-14,28H,1-4,7-12,15-16H2. The maximum absolute atomic E-state index is 12.3. The molecule has 2 aliphatic rings. The van der Waals surface area contributed by atoms with Crippen molar-refractivity contribution in [1.29, 1.82) is 0 Å². The van der Waals surface area contributed by atoms with Crippen molar-refractivity contribution in [3.05, 3.63) is 46.4 Å². The number of aromatic hydroxyl groups is 1. The highest BCUT2D eigenvalue weighted by molar-refractivity contribution is 5.35. The fourth-order valence-corrected chi connectivity index (χ4v) is 4.08. The number of likely N-dealkylation sites (tertiary alicyclic amines) is 1. The Morgan fingerprint density at radius 2 is 1.66 bits per heavy atom. The lowest BCUT2D eigenvalue weighted by Crippen LogP contribution is -2.46. The SMILES string of the molecule is O=c1cc(CN2CCCCCC2)oc(CN2CCN(c3cnccn3)CC2)c1O. The van der Waals surface area contributed by atoms with Gasteiger partial charge < -0.3 is 14.4 Å². The van der Waals surface area contributed by atoms with Crippen LogP contribution in [-0.4, -0.2) is 64.1 Å². The van der Waals surface area contributed by atoms with E-state index in [2.05, 4.69) is 24.7 Å². The van der Waals surface area contributed by atoms with Crippen LogP contribution in [0.4, 0.5) is 5.82 Å². The molecule has 2 aliphatic heterocycles. The molecular weight excluding hydrogens is 370 g/mol. The second kappa shape index (κ2) is 9.37. The summed E-state index contributed by atoms with van der Waals surface area (Å²) in [6.45, 7) is 6.36. The Labute approximate surface area is 170 Å². The minimum Gasteiger partial charge on any atom is -0.502 e. The summed E-state index contributed by atoms with van der Waals surface area (Å²) in [7, 11) is 0. The Hall–Kier alpha value is -2.45. The molecule has 1 N–H and O–H groups in total. The number of aromatic nitrogens is 2. The van der Waals surface area contributed by atoms with E-state index in [1.54, 1.807) is 18.6 Å². The van der Waals surface area contributed by atoms with Gasteiger partial charge in [0.2, 0.25) is 11.2 Å². The van der Waals surface area contributed by atoms with Gasteiger partial charge in [0, 0.05) is 44.6 Å². The van der Waals surface area contributed by atoms with Gasteiger partial charge in [-0.2, -0.15) is 0 Å². The fraction of sp³-hybridized carbons (Fsp3) is 0.571. The number of nitrogens with zero attached hydrogens (tertiary/aromatic N) is 5. The first-order valence-electron chi connectivity index (χ1n) is 10.5. The van der Waals surface area contributed by atoms with Crippen molar-refractivity contribution in [1.82, 2.24) is 19.8 Å². The van der Waals surface area contributed by atoms with Crippen LogP contribution in [0.25, 0.3) is 0 Å². The average molecular weight is 399 g/mol. The number of anilines is 1. The fourth-order valence-electron chi connectivity index (χ4n) is 4.08. The van der Waals surface area contributed by atoms with Crippen molar-refractivity contribution in [3.8, 4) is 5.75 Å². The van der Waals surface area contributed by atoms with Crippen LogP contribution in [0.15, 0.2) is 33.9 Å². The molecule has 0 spiro atoms. The van der Waals surface area contributed by atoms with Gasteiger partial charge in [0.1, 0.15) is 11.6 Å². The van der Waals surface area contributed by atoms with E-state index in [0.29, 0.717) is 24.6 Å². The second-order valence-corrected chi connectivity index (χ2v) is 7.87. The predicted molar refractivity (Wildman–Crippen MR) is 110 cm³/mol. The number of hydrogen-bond donors (Lipinski definition) is 1. The Kier molecular flexibility index (Phi) is 6.41. The summed E-state index contributed by atoms with van der Waals surface area (Å²) in [5.41, 5.74) is -0.353. The maximum atomic E-state index is 12.3. The van der Waals surface area contributed by atoms with Crippen LogP contribution in [0, 0.1) is 0 Å². The van der Waals surface area contributed by atoms with Gasteiger partial charge in [-0.05, 0) is 25.9 Å². The summed E-state index contributed by atoms with van der Waals surface area (Å²) in [4.78, 5) is 27.5. The first kappa shape index (κ1) is 19.8. The molecule has 8 heteroatoms. The van der Waals surface area contributed by atoms with Crippen LogP contribution < -0.4 is 10.3 Å². The van der Waals surface area contributed by atoms with Crippen molar-refractivity contribution in [2.45, 2.75) is 38.8 Å². The molecule has 2 aromatic rings. The largest absolute Gasteiger partial charge is 0.502 e. The zero-order valence-electron chi connectivity index (χ0n) is 16.8. The summed E-state index contributed by atoms with van der Waals surface area (Å²) in [6, 6.07) is 1.44. The highest BCUT2D eigenvalue weighted by atomic mass is 16.4. The quantitative estimate of drug-likeness (QED) is 0.815. The van der Waals surface area contributed by atoms with E-state index < -0.39 is 0 Å².